The SMILES string of the molecule is CCCCCCOc1ccc(C(=O)NNC(=O)CN2C(=O)NC(C)(c3ccc(OC)cc3)C2=O)cc1. The van der Waals surface area contributed by atoms with Crippen LogP contribution in [-0.4, -0.2) is 48.9 Å². The Balaban J connectivity index is 1.49. The minimum absolute atomic E-state index is 0.315. The van der Waals surface area contributed by atoms with Gasteiger partial charge in [-0.25, -0.2) is 4.79 Å². The van der Waals surface area contributed by atoms with E-state index in [0.29, 0.717) is 29.2 Å². The highest BCUT2D eigenvalue weighted by Crippen LogP contribution is 2.29. The third kappa shape index (κ3) is 6.32. The number of benzene rings is 2. The molecule has 1 unspecified atom stereocenters. The van der Waals surface area contributed by atoms with Crippen molar-refractivity contribution in [1.29, 1.82) is 0 Å². The lowest BCUT2D eigenvalue weighted by Gasteiger charge is -2.22. The molecule has 2 aromatic carbocycles. The third-order valence-corrected chi connectivity index (χ3v) is 5.94. The second kappa shape index (κ2) is 12.1. The van der Waals surface area contributed by atoms with Gasteiger partial charge in [0.05, 0.1) is 13.7 Å². The van der Waals surface area contributed by atoms with Crippen LogP contribution in [0.25, 0.3) is 0 Å². The lowest BCUT2D eigenvalue weighted by molar-refractivity contribution is -0.135. The number of ether oxygens (including phenoxy) is 2. The van der Waals surface area contributed by atoms with E-state index in [1.807, 2.05) is 0 Å². The first-order valence-electron chi connectivity index (χ1n) is 11.9. The molecule has 36 heavy (non-hydrogen) atoms. The van der Waals surface area contributed by atoms with E-state index in [9.17, 15) is 19.2 Å². The lowest BCUT2D eigenvalue weighted by atomic mass is 9.92. The van der Waals surface area contributed by atoms with Gasteiger partial charge in [0, 0.05) is 5.56 Å². The highest BCUT2D eigenvalue weighted by molar-refractivity contribution is 6.09. The number of rotatable bonds is 11. The Morgan fingerprint density at radius 3 is 2.25 bits per heavy atom. The number of carbonyl (C=O) groups excluding carboxylic acids is 4. The molecular weight excluding hydrogens is 464 g/mol. The van der Waals surface area contributed by atoms with Crippen molar-refractivity contribution in [2.75, 3.05) is 20.3 Å². The van der Waals surface area contributed by atoms with Gasteiger partial charge in [0.2, 0.25) is 0 Å². The molecule has 0 aromatic heterocycles. The van der Waals surface area contributed by atoms with Gasteiger partial charge in [-0.3, -0.25) is 30.1 Å². The first kappa shape index (κ1) is 26.5. The molecule has 5 amide bonds. The fourth-order valence-corrected chi connectivity index (χ4v) is 3.76. The van der Waals surface area contributed by atoms with Crippen molar-refractivity contribution in [1.82, 2.24) is 21.1 Å². The van der Waals surface area contributed by atoms with Gasteiger partial charge in [0.1, 0.15) is 23.6 Å². The summed E-state index contributed by atoms with van der Waals surface area (Å²) in [5.74, 6) is -0.582. The maximum Gasteiger partial charge on any atom is 0.325 e. The van der Waals surface area contributed by atoms with Gasteiger partial charge in [-0.15, -0.1) is 0 Å². The number of hydrazine groups is 1. The Labute approximate surface area is 210 Å². The average Bonchev–Trinajstić information content (AvgIpc) is 3.11. The van der Waals surface area contributed by atoms with Gasteiger partial charge in [-0.05, 0) is 55.3 Å². The number of hydrogen-bond acceptors (Lipinski definition) is 6. The second-order valence-electron chi connectivity index (χ2n) is 8.61. The summed E-state index contributed by atoms with van der Waals surface area (Å²) < 4.78 is 10.8. The molecule has 2 aromatic rings. The number of carbonyl (C=O) groups is 4. The summed E-state index contributed by atoms with van der Waals surface area (Å²) in [6.07, 6.45) is 4.42. The van der Waals surface area contributed by atoms with Crippen LogP contribution in [0, 0.1) is 0 Å². The molecule has 0 saturated carbocycles. The van der Waals surface area contributed by atoms with Crippen LogP contribution in [0.3, 0.4) is 0 Å². The molecule has 10 nitrogen and oxygen atoms in total. The van der Waals surface area contributed by atoms with Crippen LogP contribution in [0.1, 0.15) is 55.5 Å². The number of hydrogen-bond donors (Lipinski definition) is 3. The molecule has 10 heteroatoms. The molecule has 0 radical (unpaired) electrons. The number of urea groups is 1. The summed E-state index contributed by atoms with van der Waals surface area (Å²) in [5.41, 5.74) is 4.07. The molecule has 0 spiro atoms. The number of methoxy groups -OCH3 is 1. The van der Waals surface area contributed by atoms with E-state index in [4.69, 9.17) is 9.47 Å². The van der Waals surface area contributed by atoms with E-state index >= 15 is 0 Å². The summed E-state index contributed by atoms with van der Waals surface area (Å²) in [5, 5.41) is 2.63. The largest absolute Gasteiger partial charge is 0.497 e. The molecule has 1 atom stereocenters. The minimum atomic E-state index is -1.33. The van der Waals surface area contributed by atoms with Crippen LogP contribution in [0.15, 0.2) is 48.5 Å². The van der Waals surface area contributed by atoms with Gasteiger partial charge in [0.25, 0.3) is 17.7 Å². The number of nitrogens with zero attached hydrogens (tertiary/aromatic N) is 1. The minimum Gasteiger partial charge on any atom is -0.497 e. The van der Waals surface area contributed by atoms with Crippen molar-refractivity contribution in [2.45, 2.75) is 45.1 Å². The zero-order valence-corrected chi connectivity index (χ0v) is 20.8. The van der Waals surface area contributed by atoms with Gasteiger partial charge in [-0.2, -0.15) is 0 Å². The molecule has 3 rings (SSSR count). The first-order valence-corrected chi connectivity index (χ1v) is 11.9. The van der Waals surface area contributed by atoms with Crippen LogP contribution < -0.4 is 25.6 Å². The zero-order valence-electron chi connectivity index (χ0n) is 20.8. The smallest absolute Gasteiger partial charge is 0.325 e. The number of imide groups is 1. The third-order valence-electron chi connectivity index (χ3n) is 5.94. The molecule has 0 aliphatic carbocycles. The fourth-order valence-electron chi connectivity index (χ4n) is 3.76. The van der Waals surface area contributed by atoms with Crippen LogP contribution in [0.5, 0.6) is 11.5 Å². The van der Waals surface area contributed by atoms with Crippen LogP contribution >= 0.6 is 0 Å². The summed E-state index contributed by atoms with van der Waals surface area (Å²) >= 11 is 0. The summed E-state index contributed by atoms with van der Waals surface area (Å²) in [4.78, 5) is 51.0. The van der Waals surface area contributed by atoms with Crippen molar-refractivity contribution in [2.24, 2.45) is 0 Å². The Morgan fingerprint density at radius 1 is 0.944 bits per heavy atom. The van der Waals surface area contributed by atoms with Crippen molar-refractivity contribution in [3.05, 3.63) is 59.7 Å². The van der Waals surface area contributed by atoms with Gasteiger partial charge < -0.3 is 14.8 Å². The van der Waals surface area contributed by atoms with Crippen LogP contribution in [0.2, 0.25) is 0 Å². The monoisotopic (exact) mass is 496 g/mol. The molecule has 3 N–H and O–H groups in total. The number of amides is 5. The molecule has 1 saturated heterocycles. The summed E-state index contributed by atoms with van der Waals surface area (Å²) in [6, 6.07) is 12.5. The van der Waals surface area contributed by atoms with Crippen molar-refractivity contribution in [3.63, 3.8) is 0 Å². The molecule has 1 fully saturated rings. The maximum absolute atomic E-state index is 13.0. The fraction of sp³-hybridized carbons (Fsp3) is 0.385. The van der Waals surface area contributed by atoms with E-state index in [1.165, 1.54) is 13.5 Å². The maximum atomic E-state index is 13.0. The first-order chi connectivity index (χ1) is 17.3. The highest BCUT2D eigenvalue weighted by atomic mass is 16.5. The van der Waals surface area contributed by atoms with E-state index < -0.39 is 35.8 Å². The average molecular weight is 497 g/mol. The van der Waals surface area contributed by atoms with E-state index in [2.05, 4.69) is 23.1 Å². The standard InChI is InChI=1S/C26H32N4O6/c1-4-5-6-7-16-36-21-12-8-18(9-13-21)23(32)29-28-22(31)17-30-24(33)26(2,27-25(30)34)19-10-14-20(35-3)15-11-19/h8-15H,4-7,16-17H2,1-3H3,(H,27,34)(H,28,31)(H,29,32). The summed E-state index contributed by atoms with van der Waals surface area (Å²) in [7, 11) is 1.53. The normalized spacial score (nSPS) is 16.9. The van der Waals surface area contributed by atoms with Crippen LogP contribution in [0.4, 0.5) is 4.79 Å². The molecule has 1 aliphatic rings. The van der Waals surface area contributed by atoms with Crippen LogP contribution in [-0.2, 0) is 15.1 Å². The second-order valence-corrected chi connectivity index (χ2v) is 8.61. The number of unbranched alkanes of at least 4 members (excludes halogenated alkanes) is 3. The van der Waals surface area contributed by atoms with E-state index in [1.54, 1.807) is 55.5 Å². The quantitative estimate of drug-likeness (QED) is 0.250. The Hall–Kier alpha value is -4.08. The Kier molecular flexibility index (Phi) is 8.88. The predicted molar refractivity (Wildman–Crippen MR) is 132 cm³/mol. The molecule has 1 heterocycles. The van der Waals surface area contributed by atoms with Gasteiger partial charge in [0.15, 0.2) is 0 Å². The van der Waals surface area contributed by atoms with Gasteiger partial charge in [-0.1, -0.05) is 38.3 Å². The molecule has 0 bridgehead atoms. The number of nitrogens with one attached hydrogen (secondary N) is 3. The van der Waals surface area contributed by atoms with E-state index in [-0.39, 0.29) is 0 Å². The van der Waals surface area contributed by atoms with Gasteiger partial charge >= 0.3 is 6.03 Å². The Bertz CT molecular complexity index is 1090. The van der Waals surface area contributed by atoms with E-state index in [0.717, 1.165) is 24.2 Å². The van der Waals surface area contributed by atoms with Crippen molar-refractivity contribution in [3.8, 4) is 11.5 Å². The lowest BCUT2D eigenvalue weighted by Crippen LogP contribution is -2.48. The Morgan fingerprint density at radius 2 is 1.61 bits per heavy atom. The molecule has 1 aliphatic heterocycles. The highest BCUT2D eigenvalue weighted by Gasteiger charge is 2.49. The predicted octanol–water partition coefficient (Wildman–Crippen LogP) is 2.88. The summed E-state index contributed by atoms with van der Waals surface area (Å²) in [6.45, 7) is 3.77. The molecule has 192 valence electrons. The van der Waals surface area contributed by atoms with Crippen molar-refractivity contribution < 1.29 is 28.7 Å². The topological polar surface area (TPSA) is 126 Å². The van der Waals surface area contributed by atoms with Crippen molar-refractivity contribution >= 4 is 23.8 Å². The zero-order chi connectivity index (χ0) is 26.1. The molecular formula is C26H32N4O6.